The van der Waals surface area contributed by atoms with Crippen molar-refractivity contribution in [3.05, 3.63) is 31.2 Å². The van der Waals surface area contributed by atoms with Gasteiger partial charge in [-0.1, -0.05) is 95.9 Å². The summed E-state index contributed by atoms with van der Waals surface area (Å²) < 4.78 is 8.88. The minimum Gasteiger partial charge on any atom is -0.343 e. The molecule has 1 aliphatic carbocycles. The average Bonchev–Trinajstić information content (AvgIpc) is 2.51. The molecule has 0 fully saturated rings. The van der Waals surface area contributed by atoms with E-state index in [0.717, 1.165) is 6.42 Å². The number of allylic oxidation sites excluding steroid dienone is 4. The molecule has 0 amide bonds. The Morgan fingerprint density at radius 2 is 1.35 bits per heavy atom. The number of rotatable bonds is 11. The summed E-state index contributed by atoms with van der Waals surface area (Å²) in [5, 5.41) is 0. The summed E-state index contributed by atoms with van der Waals surface area (Å²) in [6.07, 6.45) is 24.3. The molecule has 0 aromatic rings. The summed E-state index contributed by atoms with van der Waals surface area (Å²) >= 11 is 0. The van der Waals surface area contributed by atoms with E-state index in [1.54, 1.807) is 0 Å². The van der Waals surface area contributed by atoms with Crippen molar-refractivity contribution in [3.63, 3.8) is 0 Å². The number of hydrogen-bond donors (Lipinski definition) is 3. The van der Waals surface area contributed by atoms with Crippen molar-refractivity contribution in [2.75, 3.05) is 0 Å². The summed E-state index contributed by atoms with van der Waals surface area (Å²) in [4.78, 5) is 21.6. The number of unbranched alkanes of at least 4 members (excludes halogenated alkanes) is 9. The first kappa shape index (κ1) is 29.4. The molecule has 1 rings (SSSR count). The fraction of sp³-hybridized carbons (Fsp3) is 0.750. The standard InChI is InChI=1S/C20H35.K.H3O4P/c1-4-5-6-7-8-9-10-11-12-14-17-20(3)18-15-13-16-19(20)2;;1-5(2,3)4/h13,15-16,18-19H,1,4-12,14,17H2,2-3H3;;(H3,1,2,3,4)/q-1;+1;. The maximum Gasteiger partial charge on any atom is 1.00 e. The van der Waals surface area contributed by atoms with Gasteiger partial charge in [-0.15, -0.1) is 0 Å². The second-order valence-corrected chi connectivity index (χ2v) is 8.36. The van der Waals surface area contributed by atoms with Gasteiger partial charge in [0.2, 0.25) is 0 Å². The van der Waals surface area contributed by atoms with Crippen LogP contribution in [-0.2, 0) is 4.57 Å². The fourth-order valence-corrected chi connectivity index (χ4v) is 3.11. The van der Waals surface area contributed by atoms with Crippen molar-refractivity contribution >= 4 is 7.82 Å². The van der Waals surface area contributed by atoms with Crippen LogP contribution in [0, 0.1) is 18.3 Å². The smallest absolute Gasteiger partial charge is 0.343 e. The zero-order valence-electron chi connectivity index (χ0n) is 17.1. The van der Waals surface area contributed by atoms with Gasteiger partial charge in [-0.2, -0.15) is 6.42 Å². The van der Waals surface area contributed by atoms with Gasteiger partial charge in [-0.3, -0.25) is 0 Å². The maximum absolute atomic E-state index is 8.88. The minimum absolute atomic E-state index is 0. The zero-order valence-corrected chi connectivity index (χ0v) is 21.1. The van der Waals surface area contributed by atoms with E-state index in [4.69, 9.17) is 19.2 Å². The molecule has 2 atom stereocenters. The summed E-state index contributed by atoms with van der Waals surface area (Å²) in [6, 6.07) is 0. The third kappa shape index (κ3) is 18.6. The van der Waals surface area contributed by atoms with Gasteiger partial charge in [0.25, 0.3) is 0 Å². The SMILES string of the molecule is O=P(O)(O)O.[CH2-]CCCCCCCCCCCC1(C)C=CC=CC1C.[K+]. The van der Waals surface area contributed by atoms with E-state index < -0.39 is 7.82 Å². The van der Waals surface area contributed by atoms with Gasteiger partial charge in [0.15, 0.2) is 0 Å². The molecule has 0 aromatic heterocycles. The van der Waals surface area contributed by atoms with Crippen LogP contribution in [0.3, 0.4) is 0 Å². The van der Waals surface area contributed by atoms with E-state index in [1.165, 1.54) is 64.2 Å². The number of hydrogen-bond acceptors (Lipinski definition) is 1. The van der Waals surface area contributed by atoms with Crippen LogP contribution < -0.4 is 51.4 Å². The van der Waals surface area contributed by atoms with Crippen molar-refractivity contribution in [3.8, 4) is 0 Å². The Kier molecular flexibility index (Phi) is 19.4. The topological polar surface area (TPSA) is 77.8 Å². The Hall–Kier alpha value is 1.23. The Morgan fingerprint density at radius 3 is 1.77 bits per heavy atom. The van der Waals surface area contributed by atoms with E-state index >= 15 is 0 Å². The molecule has 6 heteroatoms. The molecule has 0 radical (unpaired) electrons. The molecule has 0 spiro atoms. The monoisotopic (exact) mass is 412 g/mol. The predicted octanol–water partition coefficient (Wildman–Crippen LogP) is 2.96. The molecule has 0 aliphatic heterocycles. The van der Waals surface area contributed by atoms with Crippen molar-refractivity contribution in [1.82, 2.24) is 0 Å². The normalized spacial score (nSPS) is 21.7. The van der Waals surface area contributed by atoms with E-state index in [9.17, 15) is 0 Å². The molecule has 4 nitrogen and oxygen atoms in total. The van der Waals surface area contributed by atoms with Crippen molar-refractivity contribution in [2.45, 2.75) is 84.5 Å². The average molecular weight is 413 g/mol. The first-order valence-electron chi connectivity index (χ1n) is 9.62. The molecule has 26 heavy (non-hydrogen) atoms. The van der Waals surface area contributed by atoms with E-state index in [-0.39, 0.29) is 51.4 Å². The largest absolute Gasteiger partial charge is 1.00 e. The molecule has 148 valence electrons. The molecule has 2 unspecified atom stereocenters. The third-order valence-corrected chi connectivity index (χ3v) is 4.99. The van der Waals surface area contributed by atoms with Crippen molar-refractivity contribution < 1.29 is 70.6 Å². The fourth-order valence-electron chi connectivity index (χ4n) is 3.11. The van der Waals surface area contributed by atoms with Crippen LogP contribution in [0.4, 0.5) is 0 Å². The Morgan fingerprint density at radius 1 is 0.923 bits per heavy atom. The van der Waals surface area contributed by atoms with Gasteiger partial charge in [0, 0.05) is 0 Å². The van der Waals surface area contributed by atoms with Gasteiger partial charge < -0.3 is 21.6 Å². The predicted molar refractivity (Wildman–Crippen MR) is 106 cm³/mol. The Balaban J connectivity index is 0. The molecule has 3 N–H and O–H groups in total. The van der Waals surface area contributed by atoms with Crippen LogP contribution in [0.15, 0.2) is 24.3 Å². The molecule has 0 saturated heterocycles. The van der Waals surface area contributed by atoms with Crippen molar-refractivity contribution in [1.29, 1.82) is 0 Å². The number of phosphoric acid groups is 1. The van der Waals surface area contributed by atoms with Gasteiger partial charge in [0.05, 0.1) is 0 Å². The summed E-state index contributed by atoms with van der Waals surface area (Å²) in [5.74, 6) is 0.695. The summed E-state index contributed by atoms with van der Waals surface area (Å²) in [6.45, 7) is 8.66. The maximum atomic E-state index is 8.88. The van der Waals surface area contributed by atoms with Crippen LogP contribution in [-0.4, -0.2) is 14.7 Å². The van der Waals surface area contributed by atoms with Gasteiger partial charge in [-0.05, 0) is 17.8 Å². The molecule has 0 aromatic carbocycles. The molecule has 1 aliphatic rings. The van der Waals surface area contributed by atoms with Gasteiger partial charge >= 0.3 is 59.2 Å². The second kappa shape index (κ2) is 17.1. The van der Waals surface area contributed by atoms with Gasteiger partial charge in [-0.25, -0.2) is 4.57 Å². The molecule has 0 bridgehead atoms. The van der Waals surface area contributed by atoms with Crippen LogP contribution in [0.1, 0.15) is 84.5 Å². The van der Waals surface area contributed by atoms with E-state index in [1.807, 2.05) is 0 Å². The zero-order chi connectivity index (χ0) is 19.2. The summed E-state index contributed by atoms with van der Waals surface area (Å²) in [5.41, 5.74) is 0.406. The van der Waals surface area contributed by atoms with Crippen LogP contribution >= 0.6 is 7.82 Å². The Labute approximate surface area is 203 Å². The van der Waals surface area contributed by atoms with Crippen LogP contribution in [0.5, 0.6) is 0 Å². The summed E-state index contributed by atoms with van der Waals surface area (Å²) in [7, 11) is -4.64. The van der Waals surface area contributed by atoms with Crippen LogP contribution in [0.25, 0.3) is 0 Å². The quantitative estimate of drug-likeness (QED) is 0.211. The van der Waals surface area contributed by atoms with E-state index in [0.29, 0.717) is 11.3 Å². The Bertz CT molecular complexity index is 425. The van der Waals surface area contributed by atoms with Crippen molar-refractivity contribution in [2.24, 2.45) is 11.3 Å². The second-order valence-electron chi connectivity index (χ2n) is 7.34. The molecule has 0 saturated carbocycles. The first-order valence-corrected chi connectivity index (χ1v) is 11.2. The molecular formula is C20H38KO4P. The molecule has 0 heterocycles. The third-order valence-electron chi connectivity index (χ3n) is 4.99. The first-order chi connectivity index (χ1) is 11.7. The molecular weight excluding hydrogens is 374 g/mol. The van der Waals surface area contributed by atoms with Gasteiger partial charge in [0.1, 0.15) is 0 Å². The van der Waals surface area contributed by atoms with Crippen LogP contribution in [0.2, 0.25) is 0 Å². The minimum atomic E-state index is -4.64. The van der Waals surface area contributed by atoms with E-state index in [2.05, 4.69) is 45.1 Å².